The quantitative estimate of drug-likeness (QED) is 0.580. The van der Waals surface area contributed by atoms with Gasteiger partial charge in [-0.05, 0) is 0 Å². The second kappa shape index (κ2) is 2.80. The van der Waals surface area contributed by atoms with E-state index in [1.807, 2.05) is 0 Å². The van der Waals surface area contributed by atoms with Crippen LogP contribution in [0, 0.1) is 13.8 Å². The Labute approximate surface area is 74.4 Å². The van der Waals surface area contributed by atoms with Crippen molar-refractivity contribution in [2.24, 2.45) is 0 Å². The molecule has 0 spiro atoms. The standard InChI is InChI=1S/C10H14Se/c1-7-9-5-3-4-6-10(9)8(2)11-7/h3-6H2,1-2H3. The van der Waals surface area contributed by atoms with E-state index >= 15 is 0 Å². The van der Waals surface area contributed by atoms with Crippen LogP contribution in [0.25, 0.3) is 0 Å². The van der Waals surface area contributed by atoms with Crippen LogP contribution in [0.5, 0.6) is 0 Å². The summed E-state index contributed by atoms with van der Waals surface area (Å²) in [5.74, 6) is 0. The Balaban J connectivity index is 2.52. The van der Waals surface area contributed by atoms with E-state index in [0.717, 1.165) is 14.5 Å². The van der Waals surface area contributed by atoms with Gasteiger partial charge in [0.05, 0.1) is 0 Å². The van der Waals surface area contributed by atoms with Crippen LogP contribution in [0.2, 0.25) is 0 Å². The zero-order valence-corrected chi connectivity index (χ0v) is 8.95. The molecule has 1 heterocycles. The molecule has 0 radical (unpaired) electrons. The van der Waals surface area contributed by atoms with Gasteiger partial charge in [-0.3, -0.25) is 0 Å². The minimum atomic E-state index is 0.731. The predicted molar refractivity (Wildman–Crippen MR) is 49.5 cm³/mol. The Morgan fingerprint density at radius 1 is 0.909 bits per heavy atom. The Bertz CT molecular complexity index is 244. The second-order valence-electron chi connectivity index (χ2n) is 3.38. The maximum atomic E-state index is 2.33. The molecule has 1 aliphatic carbocycles. The van der Waals surface area contributed by atoms with Crippen molar-refractivity contribution in [2.75, 3.05) is 0 Å². The van der Waals surface area contributed by atoms with Gasteiger partial charge < -0.3 is 0 Å². The molecule has 1 aliphatic rings. The average molecular weight is 213 g/mol. The van der Waals surface area contributed by atoms with Gasteiger partial charge >= 0.3 is 74.0 Å². The van der Waals surface area contributed by atoms with Crippen LogP contribution in [0.4, 0.5) is 0 Å². The van der Waals surface area contributed by atoms with Gasteiger partial charge in [0.2, 0.25) is 0 Å². The van der Waals surface area contributed by atoms with E-state index in [1.54, 1.807) is 20.0 Å². The molecular formula is C10H14Se. The van der Waals surface area contributed by atoms with Gasteiger partial charge in [-0.15, -0.1) is 0 Å². The molecule has 60 valence electrons. The van der Waals surface area contributed by atoms with E-state index in [9.17, 15) is 0 Å². The van der Waals surface area contributed by atoms with E-state index in [2.05, 4.69) is 13.8 Å². The molecule has 0 fully saturated rings. The Morgan fingerprint density at radius 3 is 1.82 bits per heavy atom. The summed E-state index contributed by atoms with van der Waals surface area (Å²) in [6.45, 7) is 4.66. The van der Waals surface area contributed by atoms with Crippen LogP contribution in [0.1, 0.15) is 32.8 Å². The monoisotopic (exact) mass is 214 g/mol. The van der Waals surface area contributed by atoms with Crippen molar-refractivity contribution >= 4 is 14.5 Å². The van der Waals surface area contributed by atoms with Crippen molar-refractivity contribution in [1.29, 1.82) is 0 Å². The number of hydrogen-bond acceptors (Lipinski definition) is 0. The van der Waals surface area contributed by atoms with E-state index in [4.69, 9.17) is 0 Å². The second-order valence-corrected chi connectivity index (χ2v) is 6.38. The summed E-state index contributed by atoms with van der Waals surface area (Å²) in [5.41, 5.74) is 3.49. The van der Waals surface area contributed by atoms with Crippen molar-refractivity contribution in [3.63, 3.8) is 0 Å². The zero-order chi connectivity index (χ0) is 7.84. The molecule has 0 amide bonds. The summed E-state index contributed by atoms with van der Waals surface area (Å²) in [6.07, 6.45) is 5.61. The van der Waals surface area contributed by atoms with Crippen LogP contribution >= 0.6 is 0 Å². The van der Waals surface area contributed by atoms with Crippen molar-refractivity contribution in [1.82, 2.24) is 0 Å². The summed E-state index contributed by atoms with van der Waals surface area (Å²) in [7, 11) is 0. The number of hydrogen-bond donors (Lipinski definition) is 0. The summed E-state index contributed by atoms with van der Waals surface area (Å²) in [5, 5.41) is 0. The Kier molecular flexibility index (Phi) is 1.95. The van der Waals surface area contributed by atoms with Gasteiger partial charge in [-0.25, -0.2) is 0 Å². The van der Waals surface area contributed by atoms with Crippen molar-refractivity contribution in [3.05, 3.63) is 20.0 Å². The first-order valence-corrected chi connectivity index (χ1v) is 6.08. The summed E-state index contributed by atoms with van der Waals surface area (Å²) < 4.78 is 3.43. The molecule has 0 N–H and O–H groups in total. The SMILES string of the molecule is Cc1[se]c(C)c2c1CCCC2. The molecule has 0 saturated heterocycles. The third kappa shape index (κ3) is 1.21. The molecule has 0 bridgehead atoms. The average Bonchev–Trinajstić information content (AvgIpc) is 2.30. The fraction of sp³-hybridized carbons (Fsp3) is 0.600. The van der Waals surface area contributed by atoms with Gasteiger partial charge in [0, 0.05) is 0 Å². The van der Waals surface area contributed by atoms with E-state index in [1.165, 1.54) is 25.7 Å². The molecule has 2 rings (SSSR count). The first-order valence-electron chi connectivity index (χ1n) is 4.37. The predicted octanol–water partition coefficient (Wildman–Crippen LogP) is 2.24. The molecule has 0 nitrogen and oxygen atoms in total. The van der Waals surface area contributed by atoms with E-state index in [0.29, 0.717) is 0 Å². The molecule has 0 unspecified atom stereocenters. The van der Waals surface area contributed by atoms with Crippen LogP contribution in [-0.4, -0.2) is 14.5 Å². The summed E-state index contributed by atoms with van der Waals surface area (Å²) >= 11 is 0.731. The van der Waals surface area contributed by atoms with Crippen LogP contribution in [0.15, 0.2) is 0 Å². The van der Waals surface area contributed by atoms with Gasteiger partial charge in [0.15, 0.2) is 0 Å². The molecule has 1 aromatic rings. The molecular weight excluding hydrogens is 199 g/mol. The molecule has 0 atom stereocenters. The Hall–Kier alpha value is -0.000519. The normalized spacial score (nSPS) is 16.5. The van der Waals surface area contributed by atoms with Gasteiger partial charge in [-0.1, -0.05) is 0 Å². The molecule has 0 aromatic carbocycles. The minimum absolute atomic E-state index is 0.731. The topological polar surface area (TPSA) is 0 Å². The van der Waals surface area contributed by atoms with Crippen LogP contribution in [0.3, 0.4) is 0 Å². The van der Waals surface area contributed by atoms with E-state index < -0.39 is 0 Å². The fourth-order valence-corrected chi connectivity index (χ4v) is 4.46. The number of fused-ring (bicyclic) bond motifs is 1. The molecule has 1 heteroatoms. The zero-order valence-electron chi connectivity index (χ0n) is 7.24. The van der Waals surface area contributed by atoms with Crippen LogP contribution < -0.4 is 0 Å². The molecule has 11 heavy (non-hydrogen) atoms. The number of rotatable bonds is 0. The fourth-order valence-electron chi connectivity index (χ4n) is 2.04. The van der Waals surface area contributed by atoms with Crippen molar-refractivity contribution in [2.45, 2.75) is 39.5 Å². The molecule has 0 aliphatic heterocycles. The summed E-state index contributed by atoms with van der Waals surface area (Å²) in [6, 6.07) is 0. The van der Waals surface area contributed by atoms with Crippen molar-refractivity contribution < 1.29 is 0 Å². The van der Waals surface area contributed by atoms with Crippen LogP contribution in [-0.2, 0) is 12.8 Å². The third-order valence-electron chi connectivity index (χ3n) is 2.62. The van der Waals surface area contributed by atoms with E-state index in [-0.39, 0.29) is 0 Å². The van der Waals surface area contributed by atoms with Gasteiger partial charge in [-0.2, -0.15) is 0 Å². The van der Waals surface area contributed by atoms with Crippen molar-refractivity contribution in [3.8, 4) is 0 Å². The van der Waals surface area contributed by atoms with Gasteiger partial charge in [0.25, 0.3) is 0 Å². The maximum absolute atomic E-state index is 2.33. The number of aryl methyl sites for hydroxylation is 2. The first-order chi connectivity index (χ1) is 5.29. The summed E-state index contributed by atoms with van der Waals surface area (Å²) in [4.78, 5) is 0. The first kappa shape index (κ1) is 7.64. The molecule has 0 saturated carbocycles. The Morgan fingerprint density at radius 2 is 1.36 bits per heavy atom. The third-order valence-corrected chi connectivity index (χ3v) is 4.94. The molecule has 1 aromatic heterocycles. The van der Waals surface area contributed by atoms with Gasteiger partial charge in [0.1, 0.15) is 0 Å².